The summed E-state index contributed by atoms with van der Waals surface area (Å²) < 4.78 is 8.76. The fraction of sp³-hybridized carbons (Fsp3) is 0.382. The molecule has 11 nitrogen and oxygen atoms in total. The van der Waals surface area contributed by atoms with Gasteiger partial charge >= 0.3 is 0 Å². The molecule has 1 aromatic carbocycles. The monoisotopic (exact) mass is 640 g/mol. The van der Waals surface area contributed by atoms with Gasteiger partial charge in [-0.15, -0.1) is 11.3 Å². The molecule has 12 heteroatoms. The van der Waals surface area contributed by atoms with E-state index in [0.717, 1.165) is 5.56 Å². The predicted molar refractivity (Wildman–Crippen MR) is 173 cm³/mol. The zero-order valence-corrected chi connectivity index (χ0v) is 26.7. The number of benzene rings is 1. The first-order valence-electron chi connectivity index (χ1n) is 15.6. The second kappa shape index (κ2) is 12.0. The van der Waals surface area contributed by atoms with Crippen LogP contribution in [0.1, 0.15) is 46.1 Å². The number of piperidine rings is 2. The molecule has 2 saturated heterocycles. The molecule has 7 rings (SSSR count). The lowest BCUT2D eigenvalue weighted by Crippen LogP contribution is -2.53. The van der Waals surface area contributed by atoms with Gasteiger partial charge in [-0.25, -0.2) is 9.97 Å². The smallest absolute Gasteiger partial charge is 0.265 e. The minimum Gasteiger partial charge on any atom is -0.462 e. The SMILES string of the molecule is Cc1nc(-c2ccco2)sc1C(=O)N1CC[C@@H](C(=O)N2CCC(O)(Cn3cnc4c(ccn4C)c3=O)CC2)[C@H](c2ccccc2)C1. The average Bonchev–Trinajstić information content (AvgIpc) is 3.83. The van der Waals surface area contributed by atoms with Gasteiger partial charge in [-0.3, -0.25) is 19.0 Å². The second-order valence-corrected chi connectivity index (χ2v) is 13.5. The Kier molecular flexibility index (Phi) is 7.85. The average molecular weight is 641 g/mol. The zero-order chi connectivity index (χ0) is 32.0. The number of rotatable bonds is 6. The van der Waals surface area contributed by atoms with Crippen molar-refractivity contribution in [2.45, 2.75) is 44.2 Å². The van der Waals surface area contributed by atoms with Crippen LogP contribution in [-0.4, -0.2) is 77.6 Å². The number of hydrogen-bond donors (Lipinski definition) is 1. The Hall–Kier alpha value is -4.55. The molecular weight excluding hydrogens is 604 g/mol. The van der Waals surface area contributed by atoms with E-state index >= 15 is 0 Å². The van der Waals surface area contributed by atoms with E-state index in [1.54, 1.807) is 29.2 Å². The number of likely N-dealkylation sites (tertiary alicyclic amines) is 2. The Morgan fingerprint density at radius 3 is 2.59 bits per heavy atom. The van der Waals surface area contributed by atoms with E-state index in [-0.39, 0.29) is 35.8 Å². The molecule has 2 fully saturated rings. The summed E-state index contributed by atoms with van der Waals surface area (Å²) in [6.07, 6.45) is 6.12. The van der Waals surface area contributed by atoms with Crippen molar-refractivity contribution in [3.05, 3.63) is 93.8 Å². The number of nitrogens with zero attached hydrogens (tertiary/aromatic N) is 6. The molecule has 2 aliphatic rings. The third kappa shape index (κ3) is 5.56. The highest BCUT2D eigenvalue weighted by Crippen LogP contribution is 2.37. The summed E-state index contributed by atoms with van der Waals surface area (Å²) in [5, 5.41) is 12.7. The molecule has 6 heterocycles. The first-order chi connectivity index (χ1) is 22.2. The summed E-state index contributed by atoms with van der Waals surface area (Å²) in [5.41, 5.74) is 0.983. The molecule has 2 amide bonds. The van der Waals surface area contributed by atoms with Gasteiger partial charge in [0.25, 0.3) is 11.5 Å². The number of aromatic nitrogens is 4. The highest BCUT2D eigenvalue weighted by molar-refractivity contribution is 7.17. The number of amides is 2. The minimum absolute atomic E-state index is 0.0432. The summed E-state index contributed by atoms with van der Waals surface area (Å²) in [5.74, 6) is 0.120. The lowest BCUT2D eigenvalue weighted by Gasteiger charge is -2.43. The number of aryl methyl sites for hydroxylation is 2. The quantitative estimate of drug-likeness (QED) is 0.297. The third-order valence-corrected chi connectivity index (χ3v) is 10.6. The third-order valence-electron chi connectivity index (χ3n) is 9.49. The molecular formula is C34H36N6O5S. The van der Waals surface area contributed by atoms with Gasteiger partial charge in [0.2, 0.25) is 5.91 Å². The molecule has 0 spiro atoms. The molecule has 46 heavy (non-hydrogen) atoms. The Morgan fingerprint density at radius 2 is 1.85 bits per heavy atom. The van der Waals surface area contributed by atoms with E-state index in [9.17, 15) is 19.5 Å². The van der Waals surface area contributed by atoms with E-state index in [1.165, 1.54) is 22.2 Å². The van der Waals surface area contributed by atoms with Crippen molar-refractivity contribution in [1.29, 1.82) is 0 Å². The summed E-state index contributed by atoms with van der Waals surface area (Å²) in [6.45, 7) is 3.62. The molecule has 4 aromatic heterocycles. The molecule has 2 aliphatic heterocycles. The van der Waals surface area contributed by atoms with Crippen LogP contribution in [0.15, 0.2) is 76.5 Å². The van der Waals surface area contributed by atoms with Gasteiger partial charge in [0.1, 0.15) is 16.9 Å². The topological polar surface area (TPSA) is 127 Å². The van der Waals surface area contributed by atoms with Crippen molar-refractivity contribution in [3.63, 3.8) is 0 Å². The first-order valence-corrected chi connectivity index (χ1v) is 16.4. The zero-order valence-electron chi connectivity index (χ0n) is 25.8. The summed E-state index contributed by atoms with van der Waals surface area (Å²) in [6, 6.07) is 15.3. The fourth-order valence-electron chi connectivity index (χ4n) is 6.86. The number of fused-ring (bicyclic) bond motifs is 1. The molecule has 1 N–H and O–H groups in total. The van der Waals surface area contributed by atoms with Gasteiger partial charge < -0.3 is 23.9 Å². The Labute approximate surface area is 269 Å². The Bertz CT molecular complexity index is 1940. The molecule has 0 unspecified atom stereocenters. The summed E-state index contributed by atoms with van der Waals surface area (Å²) in [7, 11) is 1.84. The molecule has 0 bridgehead atoms. The van der Waals surface area contributed by atoms with Crippen LogP contribution in [0.5, 0.6) is 0 Å². The van der Waals surface area contributed by atoms with Crippen LogP contribution in [0.2, 0.25) is 0 Å². The van der Waals surface area contributed by atoms with Crippen LogP contribution in [0.3, 0.4) is 0 Å². The lowest BCUT2D eigenvalue weighted by molar-refractivity contribution is -0.142. The normalized spacial score (nSPS) is 19.9. The summed E-state index contributed by atoms with van der Waals surface area (Å²) in [4.78, 5) is 54.2. The fourth-order valence-corrected chi connectivity index (χ4v) is 7.86. The van der Waals surface area contributed by atoms with Gasteiger partial charge in [-0.05, 0) is 49.9 Å². The van der Waals surface area contributed by atoms with E-state index < -0.39 is 5.60 Å². The van der Waals surface area contributed by atoms with Crippen LogP contribution in [0.4, 0.5) is 0 Å². The number of aliphatic hydroxyl groups is 1. The standard InChI is InChI=1S/C34H36N6O5S/c1-22-28(46-30(36-22)27-9-6-18-45-27)33(43)39-15-11-24(26(19-39)23-7-4-3-5-8-23)31(41)38-16-12-34(44,13-17-38)20-40-21-35-29-25(32(40)42)10-14-37(29)2/h3-10,14,18,21,24,26,44H,11-13,15-17,19-20H2,1-2H3/t24-,26+/m1/s1. The van der Waals surface area contributed by atoms with Gasteiger partial charge in [0.05, 0.1) is 29.5 Å². The minimum atomic E-state index is -1.12. The van der Waals surface area contributed by atoms with Crippen molar-refractivity contribution in [2.24, 2.45) is 13.0 Å². The van der Waals surface area contributed by atoms with Gasteiger partial charge in [-0.1, -0.05) is 30.3 Å². The molecule has 2 atom stereocenters. The maximum absolute atomic E-state index is 14.1. The van der Waals surface area contributed by atoms with Gasteiger partial charge in [0, 0.05) is 51.3 Å². The molecule has 0 radical (unpaired) electrons. The maximum Gasteiger partial charge on any atom is 0.265 e. The molecule has 5 aromatic rings. The van der Waals surface area contributed by atoms with Crippen LogP contribution >= 0.6 is 11.3 Å². The first kappa shape index (κ1) is 30.1. The van der Waals surface area contributed by atoms with E-state index in [4.69, 9.17) is 4.42 Å². The van der Waals surface area contributed by atoms with Crippen molar-refractivity contribution in [1.82, 2.24) is 28.9 Å². The lowest BCUT2D eigenvalue weighted by atomic mass is 9.79. The largest absolute Gasteiger partial charge is 0.462 e. The highest BCUT2D eigenvalue weighted by Gasteiger charge is 2.42. The van der Waals surface area contributed by atoms with Crippen LogP contribution in [0, 0.1) is 12.8 Å². The molecule has 0 aliphatic carbocycles. The van der Waals surface area contributed by atoms with Gasteiger partial charge in [-0.2, -0.15) is 0 Å². The molecule has 238 valence electrons. The molecule has 0 saturated carbocycles. The highest BCUT2D eigenvalue weighted by atomic mass is 32.1. The van der Waals surface area contributed by atoms with Crippen LogP contribution in [-0.2, 0) is 18.4 Å². The Morgan fingerprint density at radius 1 is 1.07 bits per heavy atom. The van der Waals surface area contributed by atoms with Gasteiger partial charge in [0.15, 0.2) is 10.8 Å². The van der Waals surface area contributed by atoms with E-state index in [2.05, 4.69) is 9.97 Å². The number of hydrogen-bond acceptors (Lipinski definition) is 8. The van der Waals surface area contributed by atoms with Crippen molar-refractivity contribution in [3.8, 4) is 10.8 Å². The second-order valence-electron chi connectivity index (χ2n) is 12.5. The number of carbonyl (C=O) groups is 2. The number of thiazole rings is 1. The number of furan rings is 1. The predicted octanol–water partition coefficient (Wildman–Crippen LogP) is 4.06. The van der Waals surface area contributed by atoms with E-state index in [0.29, 0.717) is 77.8 Å². The van der Waals surface area contributed by atoms with Crippen LogP contribution in [0.25, 0.3) is 21.8 Å². The van der Waals surface area contributed by atoms with Crippen molar-refractivity contribution in [2.75, 3.05) is 26.2 Å². The van der Waals surface area contributed by atoms with Crippen molar-refractivity contribution >= 4 is 34.2 Å². The maximum atomic E-state index is 14.1. The van der Waals surface area contributed by atoms with Crippen molar-refractivity contribution < 1.29 is 19.1 Å². The summed E-state index contributed by atoms with van der Waals surface area (Å²) >= 11 is 1.33. The Balaban J connectivity index is 1.05. The number of carbonyl (C=O) groups excluding carboxylic acids is 2. The van der Waals surface area contributed by atoms with Crippen LogP contribution < -0.4 is 5.56 Å². The van der Waals surface area contributed by atoms with E-state index in [1.807, 2.05) is 60.2 Å².